The summed E-state index contributed by atoms with van der Waals surface area (Å²) in [6.07, 6.45) is 6.43. The lowest BCUT2D eigenvalue weighted by atomic mass is 9.81. The van der Waals surface area contributed by atoms with Crippen LogP contribution in [0.1, 0.15) is 45.4 Å². The van der Waals surface area contributed by atoms with Crippen molar-refractivity contribution in [3.63, 3.8) is 0 Å². The van der Waals surface area contributed by atoms with Gasteiger partial charge >= 0.3 is 0 Å². The van der Waals surface area contributed by atoms with Crippen LogP contribution < -0.4 is 11.1 Å². The second-order valence-corrected chi connectivity index (χ2v) is 6.08. The summed E-state index contributed by atoms with van der Waals surface area (Å²) in [4.78, 5) is 12.2. The van der Waals surface area contributed by atoms with Crippen LogP contribution in [0, 0.1) is 11.8 Å². The van der Waals surface area contributed by atoms with Crippen LogP contribution in [-0.4, -0.2) is 31.2 Å². The maximum Gasteiger partial charge on any atom is 0.223 e. The third kappa shape index (κ3) is 3.45. The van der Waals surface area contributed by atoms with Crippen molar-refractivity contribution in [2.75, 3.05) is 19.7 Å². The van der Waals surface area contributed by atoms with Crippen molar-refractivity contribution < 1.29 is 9.53 Å². The van der Waals surface area contributed by atoms with E-state index in [0.29, 0.717) is 19.0 Å². The van der Waals surface area contributed by atoms with Crippen molar-refractivity contribution in [3.8, 4) is 0 Å². The first-order valence-corrected chi connectivity index (χ1v) is 7.25. The zero-order chi connectivity index (χ0) is 13.0. The lowest BCUT2D eigenvalue weighted by Crippen LogP contribution is -2.43. The van der Waals surface area contributed by atoms with E-state index in [1.54, 1.807) is 0 Å². The van der Waals surface area contributed by atoms with Crippen LogP contribution in [0.5, 0.6) is 0 Å². The maximum atomic E-state index is 12.2. The van der Waals surface area contributed by atoms with Crippen molar-refractivity contribution >= 4 is 5.91 Å². The minimum atomic E-state index is -0.141. The molecule has 1 saturated heterocycles. The van der Waals surface area contributed by atoms with Crippen molar-refractivity contribution in [1.82, 2.24) is 5.32 Å². The van der Waals surface area contributed by atoms with Crippen molar-refractivity contribution in [2.45, 2.75) is 51.0 Å². The topological polar surface area (TPSA) is 64.4 Å². The highest BCUT2D eigenvalue weighted by Crippen LogP contribution is 2.29. The fourth-order valence-electron chi connectivity index (χ4n) is 3.14. The van der Waals surface area contributed by atoms with E-state index < -0.39 is 0 Å². The molecule has 2 rings (SSSR count). The largest absolute Gasteiger partial charge is 0.373 e. The third-order valence-corrected chi connectivity index (χ3v) is 4.42. The molecule has 3 unspecified atom stereocenters. The summed E-state index contributed by atoms with van der Waals surface area (Å²) in [5, 5.41) is 3.07. The molecule has 0 aromatic carbocycles. The molecule has 0 aromatic heterocycles. The molecule has 4 nitrogen and oxygen atoms in total. The van der Waals surface area contributed by atoms with E-state index >= 15 is 0 Å². The summed E-state index contributed by atoms with van der Waals surface area (Å²) in [6.45, 7) is 4.27. The highest BCUT2D eigenvalue weighted by Gasteiger charge is 2.32. The molecule has 18 heavy (non-hydrogen) atoms. The molecule has 0 aromatic rings. The molecule has 1 aliphatic heterocycles. The Morgan fingerprint density at radius 1 is 1.44 bits per heavy atom. The molecule has 0 radical (unpaired) electrons. The van der Waals surface area contributed by atoms with E-state index in [1.807, 2.05) is 0 Å². The average Bonchev–Trinajstić information content (AvgIpc) is 2.83. The molecule has 3 atom stereocenters. The van der Waals surface area contributed by atoms with Crippen molar-refractivity contribution in [2.24, 2.45) is 17.6 Å². The third-order valence-electron chi connectivity index (χ3n) is 4.42. The quantitative estimate of drug-likeness (QED) is 0.798. The first-order valence-electron chi connectivity index (χ1n) is 7.25. The van der Waals surface area contributed by atoms with Gasteiger partial charge in [0.1, 0.15) is 0 Å². The van der Waals surface area contributed by atoms with Gasteiger partial charge in [-0.1, -0.05) is 6.42 Å². The number of nitrogens with two attached hydrogens (primary N) is 1. The Kier molecular flexibility index (Phi) is 4.62. The number of nitrogens with one attached hydrogen (secondary N) is 1. The van der Waals surface area contributed by atoms with Gasteiger partial charge < -0.3 is 15.8 Å². The molecule has 1 heterocycles. The van der Waals surface area contributed by atoms with E-state index in [9.17, 15) is 4.79 Å². The number of ether oxygens (including phenoxy) is 1. The van der Waals surface area contributed by atoms with Gasteiger partial charge in [0.15, 0.2) is 0 Å². The van der Waals surface area contributed by atoms with E-state index in [4.69, 9.17) is 10.5 Å². The van der Waals surface area contributed by atoms with E-state index in [1.165, 1.54) is 6.42 Å². The average molecular weight is 254 g/mol. The van der Waals surface area contributed by atoms with Gasteiger partial charge in [-0.2, -0.15) is 0 Å². The smallest absolute Gasteiger partial charge is 0.223 e. The van der Waals surface area contributed by atoms with Gasteiger partial charge in [-0.15, -0.1) is 0 Å². The Labute approximate surface area is 110 Å². The first kappa shape index (κ1) is 13.8. The maximum absolute atomic E-state index is 12.2. The van der Waals surface area contributed by atoms with E-state index in [2.05, 4.69) is 12.2 Å². The zero-order valence-corrected chi connectivity index (χ0v) is 11.4. The molecule has 1 saturated carbocycles. The summed E-state index contributed by atoms with van der Waals surface area (Å²) in [7, 11) is 0. The van der Waals surface area contributed by atoms with E-state index in [-0.39, 0.29) is 17.4 Å². The minimum absolute atomic E-state index is 0.141. The lowest BCUT2D eigenvalue weighted by molar-refractivity contribution is -0.127. The number of rotatable bonds is 4. The molecule has 104 valence electrons. The highest BCUT2D eigenvalue weighted by molar-refractivity contribution is 5.78. The summed E-state index contributed by atoms with van der Waals surface area (Å²) in [5.41, 5.74) is 5.57. The summed E-state index contributed by atoms with van der Waals surface area (Å²) in [5.74, 6) is 0.898. The monoisotopic (exact) mass is 254 g/mol. The predicted octanol–water partition coefficient (Wildman–Crippen LogP) is 1.44. The number of hydrogen-bond donors (Lipinski definition) is 2. The summed E-state index contributed by atoms with van der Waals surface area (Å²) >= 11 is 0. The van der Waals surface area contributed by atoms with Crippen LogP contribution in [0.3, 0.4) is 0 Å². The molecule has 1 amide bonds. The normalized spacial score (nSPS) is 36.6. The molecule has 4 heteroatoms. The van der Waals surface area contributed by atoms with Crippen LogP contribution >= 0.6 is 0 Å². The number of amides is 1. The van der Waals surface area contributed by atoms with E-state index in [0.717, 1.165) is 38.7 Å². The minimum Gasteiger partial charge on any atom is -0.373 e. The van der Waals surface area contributed by atoms with Gasteiger partial charge in [0.25, 0.3) is 0 Å². The Balaban J connectivity index is 1.77. The molecular weight excluding hydrogens is 228 g/mol. The standard InChI is InChI=1S/C14H26N2O2/c1-14(6-3-7-18-14)10-16-13(17)12-5-2-4-11(8-12)9-15/h11-12H,2-10,15H2,1H3,(H,16,17). The molecular formula is C14H26N2O2. The Morgan fingerprint density at radius 3 is 2.94 bits per heavy atom. The van der Waals surface area contributed by atoms with Crippen LogP contribution in [0.2, 0.25) is 0 Å². The predicted molar refractivity (Wildman–Crippen MR) is 71.1 cm³/mol. The zero-order valence-electron chi connectivity index (χ0n) is 11.4. The molecule has 2 fully saturated rings. The number of carbonyl (C=O) groups is 1. The van der Waals surface area contributed by atoms with Crippen LogP contribution in [0.4, 0.5) is 0 Å². The van der Waals surface area contributed by atoms with Crippen LogP contribution in [0.25, 0.3) is 0 Å². The molecule has 0 spiro atoms. The highest BCUT2D eigenvalue weighted by atomic mass is 16.5. The Morgan fingerprint density at radius 2 is 2.28 bits per heavy atom. The second kappa shape index (κ2) is 6.02. The van der Waals surface area contributed by atoms with Crippen molar-refractivity contribution in [1.29, 1.82) is 0 Å². The number of carbonyl (C=O) groups excluding carboxylic acids is 1. The van der Waals surface area contributed by atoms with Gasteiger partial charge in [-0.25, -0.2) is 0 Å². The molecule has 0 bridgehead atoms. The fraction of sp³-hybridized carbons (Fsp3) is 0.929. The van der Waals surface area contributed by atoms with Crippen molar-refractivity contribution in [3.05, 3.63) is 0 Å². The lowest BCUT2D eigenvalue weighted by Gasteiger charge is -2.29. The molecule has 2 aliphatic rings. The SMILES string of the molecule is CC1(CNC(=O)C2CCCC(CN)C2)CCCO1. The second-order valence-electron chi connectivity index (χ2n) is 6.08. The van der Waals surface area contributed by atoms with Gasteiger partial charge in [0.05, 0.1) is 5.60 Å². The van der Waals surface area contributed by atoms with Gasteiger partial charge in [0, 0.05) is 19.1 Å². The Bertz CT molecular complexity index is 288. The summed E-state index contributed by atoms with van der Waals surface area (Å²) in [6, 6.07) is 0. The summed E-state index contributed by atoms with van der Waals surface area (Å²) < 4.78 is 5.69. The van der Waals surface area contributed by atoms with Gasteiger partial charge in [0.2, 0.25) is 5.91 Å². The number of hydrogen-bond acceptors (Lipinski definition) is 3. The molecule has 3 N–H and O–H groups in total. The van der Waals surface area contributed by atoms with Gasteiger partial charge in [-0.05, 0) is 51.5 Å². The first-order chi connectivity index (χ1) is 8.63. The van der Waals surface area contributed by atoms with Gasteiger partial charge in [-0.3, -0.25) is 4.79 Å². The fourth-order valence-corrected chi connectivity index (χ4v) is 3.14. The van der Waals surface area contributed by atoms with Crippen LogP contribution in [-0.2, 0) is 9.53 Å². The van der Waals surface area contributed by atoms with Crippen LogP contribution in [0.15, 0.2) is 0 Å². The Hall–Kier alpha value is -0.610. The molecule has 1 aliphatic carbocycles.